The van der Waals surface area contributed by atoms with Crippen molar-refractivity contribution >= 4 is 13.3 Å². The molecule has 2 rings (SSSR count). The lowest BCUT2D eigenvalue weighted by molar-refractivity contribution is -0.00191. The molecule has 1 aliphatic rings. The fraction of sp³-hybridized carbons (Fsp3) is 0.364. The Morgan fingerprint density at radius 3 is 3.07 bits per heavy atom. The van der Waals surface area contributed by atoms with Gasteiger partial charge in [0.05, 0.1) is 6.61 Å². The quantitative estimate of drug-likeness (QED) is 0.557. The van der Waals surface area contributed by atoms with E-state index in [9.17, 15) is 0 Å². The number of nitriles is 1. The van der Waals surface area contributed by atoms with E-state index >= 15 is 0 Å². The van der Waals surface area contributed by atoms with E-state index in [-0.39, 0.29) is 0 Å². The van der Waals surface area contributed by atoms with Crippen LogP contribution in [-0.4, -0.2) is 14.5 Å². The van der Waals surface area contributed by atoms with Crippen molar-refractivity contribution in [3.05, 3.63) is 29.3 Å². The van der Waals surface area contributed by atoms with E-state index in [0.717, 1.165) is 17.5 Å². The second kappa shape index (κ2) is 3.15. The smallest absolute Gasteiger partial charge is 0.177 e. The molecule has 2 nitrogen and oxygen atoms in total. The molecule has 14 heavy (non-hydrogen) atoms. The molecule has 1 aliphatic heterocycles. The van der Waals surface area contributed by atoms with Crippen molar-refractivity contribution in [3.63, 3.8) is 0 Å². The summed E-state index contributed by atoms with van der Waals surface area (Å²) in [5.74, 6) is 0. The van der Waals surface area contributed by atoms with Crippen molar-refractivity contribution in [2.24, 2.45) is 0 Å². The molecule has 1 aromatic carbocycles. The first-order valence-corrected chi connectivity index (χ1v) is 4.60. The Bertz CT molecular complexity index is 410. The molecule has 1 unspecified atom stereocenters. The van der Waals surface area contributed by atoms with Crippen molar-refractivity contribution in [1.29, 1.82) is 5.26 Å². The highest BCUT2D eigenvalue weighted by atomic mass is 16.5. The van der Waals surface area contributed by atoms with Crippen LogP contribution >= 0.6 is 0 Å². The van der Waals surface area contributed by atoms with Crippen LogP contribution in [0.5, 0.6) is 0 Å². The van der Waals surface area contributed by atoms with Gasteiger partial charge in [-0.15, -0.1) is 0 Å². The van der Waals surface area contributed by atoms with Gasteiger partial charge in [0, 0.05) is 5.56 Å². The molecule has 1 heterocycles. The summed E-state index contributed by atoms with van der Waals surface area (Å²) in [6, 6.07) is 7.86. The molecule has 0 saturated heterocycles. The van der Waals surface area contributed by atoms with Crippen molar-refractivity contribution < 1.29 is 4.74 Å². The van der Waals surface area contributed by atoms with Gasteiger partial charge in [-0.3, -0.25) is 0 Å². The predicted octanol–water partition coefficient (Wildman–Crippen LogP) is 0.792. The van der Waals surface area contributed by atoms with Crippen LogP contribution in [0.4, 0.5) is 0 Å². The third-order valence-corrected chi connectivity index (χ3v) is 2.62. The summed E-state index contributed by atoms with van der Waals surface area (Å²) < 4.78 is 5.48. The van der Waals surface area contributed by atoms with Gasteiger partial charge in [0.15, 0.2) is 5.60 Å². The Kier molecular flexibility index (Phi) is 2.09. The average molecular weight is 183 g/mol. The first kappa shape index (κ1) is 9.30. The van der Waals surface area contributed by atoms with Crippen molar-refractivity contribution in [3.8, 4) is 6.07 Å². The zero-order valence-electron chi connectivity index (χ0n) is 8.08. The van der Waals surface area contributed by atoms with Gasteiger partial charge in [0.1, 0.15) is 13.9 Å². The molecule has 68 valence electrons. The average Bonchev–Trinajstić information content (AvgIpc) is 2.20. The van der Waals surface area contributed by atoms with Crippen LogP contribution in [0.1, 0.15) is 18.1 Å². The van der Waals surface area contributed by atoms with E-state index in [1.165, 1.54) is 0 Å². The zero-order chi connectivity index (χ0) is 10.2. The summed E-state index contributed by atoms with van der Waals surface area (Å²) in [5.41, 5.74) is 1.92. The number of nitrogens with zero attached hydrogens (tertiary/aromatic N) is 1. The van der Waals surface area contributed by atoms with Gasteiger partial charge in [-0.2, -0.15) is 5.26 Å². The Hall–Kier alpha value is -1.27. The molecule has 0 saturated carbocycles. The summed E-state index contributed by atoms with van der Waals surface area (Å²) >= 11 is 0. The highest BCUT2D eigenvalue weighted by Crippen LogP contribution is 2.31. The summed E-state index contributed by atoms with van der Waals surface area (Å²) in [6.07, 6.45) is 0.854. The lowest BCUT2D eigenvalue weighted by Crippen LogP contribution is -2.32. The Balaban J connectivity index is 2.59. The van der Waals surface area contributed by atoms with Gasteiger partial charge >= 0.3 is 0 Å². The van der Waals surface area contributed by atoms with Gasteiger partial charge in [0.25, 0.3) is 0 Å². The number of ether oxygens (including phenoxy) is 1. The Morgan fingerprint density at radius 1 is 1.57 bits per heavy atom. The van der Waals surface area contributed by atoms with Gasteiger partial charge in [-0.1, -0.05) is 23.7 Å². The molecular weight excluding hydrogens is 173 g/mol. The fourth-order valence-corrected chi connectivity index (χ4v) is 1.79. The maximum atomic E-state index is 9.07. The van der Waals surface area contributed by atoms with E-state index in [4.69, 9.17) is 17.8 Å². The largest absolute Gasteiger partial charge is 0.356 e. The third kappa shape index (κ3) is 1.32. The maximum absolute atomic E-state index is 9.07. The van der Waals surface area contributed by atoms with Crippen molar-refractivity contribution in [2.45, 2.75) is 18.9 Å². The first-order valence-electron chi connectivity index (χ1n) is 4.60. The van der Waals surface area contributed by atoms with Gasteiger partial charge in [0.2, 0.25) is 0 Å². The van der Waals surface area contributed by atoms with Crippen molar-refractivity contribution in [1.82, 2.24) is 0 Å². The standard InChI is InChI=1S/C11H10BNO/c1-11(7-13)10-6-9(12)3-2-8(10)4-5-14-11/h2-3,6H,4-5H2,1H3. The predicted molar refractivity (Wildman–Crippen MR) is 54.5 cm³/mol. The number of hydrogen-bond donors (Lipinski definition) is 0. The molecule has 0 fully saturated rings. The second-order valence-corrected chi connectivity index (χ2v) is 3.66. The van der Waals surface area contributed by atoms with Gasteiger partial charge in [-0.05, 0) is 18.9 Å². The molecular formula is C11H10BNO. The third-order valence-electron chi connectivity index (χ3n) is 2.62. The Labute approximate surface area is 84.9 Å². The van der Waals surface area contributed by atoms with Crippen LogP contribution in [0.15, 0.2) is 18.2 Å². The summed E-state index contributed by atoms with van der Waals surface area (Å²) in [4.78, 5) is 0. The highest BCUT2D eigenvalue weighted by molar-refractivity contribution is 6.32. The number of rotatable bonds is 0. The van der Waals surface area contributed by atoms with E-state index in [2.05, 4.69) is 6.07 Å². The lowest BCUT2D eigenvalue weighted by atomic mass is 9.83. The normalized spacial score (nSPS) is 25.1. The first-order chi connectivity index (χ1) is 6.65. The number of benzene rings is 1. The van der Waals surface area contributed by atoms with Crippen LogP contribution in [-0.2, 0) is 16.8 Å². The minimum absolute atomic E-state index is 0.598. The molecule has 3 heteroatoms. The Morgan fingerprint density at radius 2 is 2.36 bits per heavy atom. The number of hydrogen-bond acceptors (Lipinski definition) is 2. The van der Waals surface area contributed by atoms with Crippen molar-refractivity contribution in [2.75, 3.05) is 6.61 Å². The minimum atomic E-state index is -0.830. The maximum Gasteiger partial charge on any atom is 0.177 e. The molecule has 0 bridgehead atoms. The van der Waals surface area contributed by atoms with E-state index in [1.54, 1.807) is 6.92 Å². The molecule has 0 amide bonds. The number of fused-ring (bicyclic) bond motifs is 1. The van der Waals surface area contributed by atoms with E-state index in [0.29, 0.717) is 12.1 Å². The monoisotopic (exact) mass is 183 g/mol. The molecule has 0 N–H and O–H groups in total. The second-order valence-electron chi connectivity index (χ2n) is 3.66. The zero-order valence-corrected chi connectivity index (χ0v) is 8.08. The van der Waals surface area contributed by atoms with Crippen LogP contribution in [0, 0.1) is 11.3 Å². The molecule has 2 radical (unpaired) electrons. The molecule has 1 aromatic rings. The summed E-state index contributed by atoms with van der Waals surface area (Å²) in [5, 5.41) is 9.07. The molecule has 0 aliphatic carbocycles. The molecule has 0 aromatic heterocycles. The van der Waals surface area contributed by atoms with E-state index in [1.807, 2.05) is 18.2 Å². The van der Waals surface area contributed by atoms with Gasteiger partial charge < -0.3 is 4.74 Å². The topological polar surface area (TPSA) is 33.0 Å². The highest BCUT2D eigenvalue weighted by Gasteiger charge is 2.32. The van der Waals surface area contributed by atoms with Gasteiger partial charge in [-0.25, -0.2) is 0 Å². The van der Waals surface area contributed by atoms with Crippen LogP contribution in [0.2, 0.25) is 0 Å². The fourth-order valence-electron chi connectivity index (χ4n) is 1.79. The molecule has 0 spiro atoms. The summed E-state index contributed by atoms with van der Waals surface area (Å²) in [7, 11) is 5.69. The minimum Gasteiger partial charge on any atom is -0.356 e. The lowest BCUT2D eigenvalue weighted by Gasteiger charge is -2.30. The SMILES string of the molecule is [B]c1ccc2c(c1)C(C)(C#N)OCC2. The van der Waals surface area contributed by atoms with E-state index < -0.39 is 5.60 Å². The van der Waals surface area contributed by atoms with Crippen LogP contribution in [0.3, 0.4) is 0 Å². The van der Waals surface area contributed by atoms with Crippen LogP contribution < -0.4 is 5.46 Å². The summed E-state index contributed by atoms with van der Waals surface area (Å²) in [6.45, 7) is 2.38. The molecule has 1 atom stereocenters. The van der Waals surface area contributed by atoms with Crippen LogP contribution in [0.25, 0.3) is 0 Å².